The zero-order valence-electron chi connectivity index (χ0n) is 9.52. The van der Waals surface area contributed by atoms with Crippen molar-refractivity contribution < 1.29 is 5.11 Å². The van der Waals surface area contributed by atoms with Gasteiger partial charge in [-0.1, -0.05) is 23.1 Å². The van der Waals surface area contributed by atoms with Crippen molar-refractivity contribution in [3.05, 3.63) is 0 Å². The molecule has 1 heterocycles. The van der Waals surface area contributed by atoms with Crippen LogP contribution >= 0.6 is 23.1 Å². The smallest absolute Gasteiger partial charge is 0.208 e. The van der Waals surface area contributed by atoms with Gasteiger partial charge in [0.25, 0.3) is 0 Å². The van der Waals surface area contributed by atoms with Gasteiger partial charge in [0, 0.05) is 19.8 Å². The molecule has 0 radical (unpaired) electrons. The van der Waals surface area contributed by atoms with E-state index in [4.69, 9.17) is 0 Å². The van der Waals surface area contributed by atoms with Gasteiger partial charge in [0.05, 0.1) is 5.60 Å². The molecular weight excluding hydrogens is 230 g/mol. The monoisotopic (exact) mass is 247 g/mol. The molecule has 0 amide bonds. The van der Waals surface area contributed by atoms with Crippen molar-refractivity contribution in [1.82, 2.24) is 10.2 Å². The summed E-state index contributed by atoms with van der Waals surface area (Å²) >= 11 is 3.22. The van der Waals surface area contributed by atoms with Gasteiger partial charge in [-0.25, -0.2) is 0 Å². The van der Waals surface area contributed by atoms with Gasteiger partial charge in [-0.05, 0) is 20.3 Å². The van der Waals surface area contributed by atoms with Crippen LogP contribution < -0.4 is 4.90 Å². The number of aliphatic hydroxyl groups is 1. The number of thioether (sulfide) groups is 1. The first-order valence-electron chi connectivity index (χ1n) is 4.74. The average molecular weight is 247 g/mol. The molecule has 0 aliphatic heterocycles. The Labute approximate surface area is 98.7 Å². The minimum absolute atomic E-state index is 0.595. The van der Waals surface area contributed by atoms with Crippen LogP contribution in [0, 0.1) is 0 Å². The maximum Gasteiger partial charge on any atom is 0.208 e. The zero-order valence-corrected chi connectivity index (χ0v) is 11.2. The predicted molar refractivity (Wildman–Crippen MR) is 65.9 cm³/mol. The zero-order chi connectivity index (χ0) is 11.5. The molecule has 0 saturated carbocycles. The van der Waals surface area contributed by atoms with E-state index in [1.807, 2.05) is 32.8 Å². The third-order valence-corrected chi connectivity index (χ3v) is 3.94. The standard InChI is InChI=1S/C9H17N3OS2/c1-9(2,13)5-6-14-8-11-10-7(15-8)12(3)4/h13H,5-6H2,1-4H3. The Kier molecular flexibility index (Phi) is 4.36. The van der Waals surface area contributed by atoms with Crippen LogP contribution in [0.15, 0.2) is 4.34 Å². The molecule has 0 unspecified atom stereocenters. The molecule has 4 nitrogen and oxygen atoms in total. The maximum absolute atomic E-state index is 9.53. The average Bonchev–Trinajstić information content (AvgIpc) is 2.50. The first-order valence-corrected chi connectivity index (χ1v) is 6.55. The highest BCUT2D eigenvalue weighted by Gasteiger charge is 2.13. The fourth-order valence-electron chi connectivity index (χ4n) is 0.830. The summed E-state index contributed by atoms with van der Waals surface area (Å²) in [5, 5.41) is 18.6. The minimum Gasteiger partial charge on any atom is -0.390 e. The van der Waals surface area contributed by atoms with E-state index >= 15 is 0 Å². The number of aromatic nitrogens is 2. The minimum atomic E-state index is -0.595. The second-order valence-corrected chi connectivity index (χ2v) is 6.45. The van der Waals surface area contributed by atoms with E-state index in [1.165, 1.54) is 0 Å². The van der Waals surface area contributed by atoms with Crippen molar-refractivity contribution in [2.24, 2.45) is 0 Å². The van der Waals surface area contributed by atoms with E-state index < -0.39 is 5.60 Å². The predicted octanol–water partition coefficient (Wildman–Crippen LogP) is 1.86. The largest absolute Gasteiger partial charge is 0.390 e. The Balaban J connectivity index is 2.38. The van der Waals surface area contributed by atoms with Crippen LogP contribution in [-0.4, -0.2) is 40.8 Å². The van der Waals surface area contributed by atoms with Crippen molar-refractivity contribution >= 4 is 28.2 Å². The first kappa shape index (κ1) is 12.7. The van der Waals surface area contributed by atoms with Gasteiger partial charge in [0.15, 0.2) is 4.34 Å². The van der Waals surface area contributed by atoms with Crippen molar-refractivity contribution in [3.8, 4) is 0 Å². The van der Waals surface area contributed by atoms with Gasteiger partial charge in [0.2, 0.25) is 5.13 Å². The summed E-state index contributed by atoms with van der Waals surface area (Å²) in [6.07, 6.45) is 0.758. The molecular formula is C9H17N3OS2. The molecule has 0 spiro atoms. The molecule has 0 aliphatic rings. The topological polar surface area (TPSA) is 49.2 Å². The summed E-state index contributed by atoms with van der Waals surface area (Å²) in [6.45, 7) is 3.64. The summed E-state index contributed by atoms with van der Waals surface area (Å²) in [4.78, 5) is 1.94. The molecule has 0 aromatic carbocycles. The molecule has 1 aromatic rings. The Morgan fingerprint density at radius 2 is 2.07 bits per heavy atom. The summed E-state index contributed by atoms with van der Waals surface area (Å²) in [5.41, 5.74) is -0.595. The van der Waals surface area contributed by atoms with Crippen molar-refractivity contribution in [2.75, 3.05) is 24.7 Å². The Bertz CT molecular complexity index is 307. The summed E-state index contributed by atoms with van der Waals surface area (Å²) in [7, 11) is 3.90. The van der Waals surface area contributed by atoms with Crippen molar-refractivity contribution in [3.63, 3.8) is 0 Å². The third kappa shape index (κ3) is 4.81. The van der Waals surface area contributed by atoms with Gasteiger partial charge in [-0.15, -0.1) is 10.2 Å². The number of hydrogen-bond donors (Lipinski definition) is 1. The molecule has 0 atom stereocenters. The van der Waals surface area contributed by atoms with E-state index in [0.29, 0.717) is 0 Å². The second-order valence-electron chi connectivity index (χ2n) is 4.16. The lowest BCUT2D eigenvalue weighted by molar-refractivity contribution is 0.0777. The molecule has 1 N–H and O–H groups in total. The van der Waals surface area contributed by atoms with E-state index in [-0.39, 0.29) is 0 Å². The maximum atomic E-state index is 9.53. The van der Waals surface area contributed by atoms with E-state index in [0.717, 1.165) is 21.6 Å². The van der Waals surface area contributed by atoms with E-state index in [9.17, 15) is 5.11 Å². The summed E-state index contributed by atoms with van der Waals surface area (Å²) in [6, 6.07) is 0. The number of rotatable bonds is 5. The lowest BCUT2D eigenvalue weighted by atomic mass is 10.1. The molecule has 0 aliphatic carbocycles. The van der Waals surface area contributed by atoms with E-state index in [1.54, 1.807) is 23.1 Å². The van der Waals surface area contributed by atoms with Gasteiger partial charge < -0.3 is 10.0 Å². The molecule has 86 valence electrons. The van der Waals surface area contributed by atoms with Gasteiger partial charge in [-0.3, -0.25) is 0 Å². The molecule has 0 saturated heterocycles. The normalized spacial score (nSPS) is 11.8. The quantitative estimate of drug-likeness (QED) is 0.805. The summed E-state index contributed by atoms with van der Waals surface area (Å²) < 4.78 is 0.961. The van der Waals surface area contributed by atoms with E-state index in [2.05, 4.69) is 10.2 Å². The number of nitrogens with zero attached hydrogens (tertiary/aromatic N) is 3. The lowest BCUT2D eigenvalue weighted by Gasteiger charge is -2.15. The number of anilines is 1. The van der Waals surface area contributed by atoms with Crippen LogP contribution in [0.3, 0.4) is 0 Å². The van der Waals surface area contributed by atoms with Crippen LogP contribution in [0.25, 0.3) is 0 Å². The van der Waals surface area contributed by atoms with Crippen LogP contribution in [0.2, 0.25) is 0 Å². The first-order chi connectivity index (χ1) is 6.88. The van der Waals surface area contributed by atoms with Crippen LogP contribution in [0.1, 0.15) is 20.3 Å². The SMILES string of the molecule is CN(C)c1nnc(SCCC(C)(C)O)s1. The van der Waals surface area contributed by atoms with Gasteiger partial charge >= 0.3 is 0 Å². The highest BCUT2D eigenvalue weighted by molar-refractivity contribution is 8.01. The lowest BCUT2D eigenvalue weighted by Crippen LogP contribution is -2.18. The van der Waals surface area contributed by atoms with Crippen LogP contribution in [-0.2, 0) is 0 Å². The second kappa shape index (κ2) is 5.14. The summed E-state index contributed by atoms with van der Waals surface area (Å²) in [5.74, 6) is 0.867. The fraction of sp³-hybridized carbons (Fsp3) is 0.778. The molecule has 6 heteroatoms. The van der Waals surface area contributed by atoms with Crippen LogP contribution in [0.4, 0.5) is 5.13 Å². The molecule has 15 heavy (non-hydrogen) atoms. The van der Waals surface area contributed by atoms with Gasteiger partial charge in [-0.2, -0.15) is 0 Å². The third-order valence-electron chi connectivity index (χ3n) is 1.72. The highest BCUT2D eigenvalue weighted by Crippen LogP contribution is 2.28. The van der Waals surface area contributed by atoms with Crippen molar-refractivity contribution in [1.29, 1.82) is 0 Å². The fourth-order valence-corrected chi connectivity index (χ4v) is 2.92. The van der Waals surface area contributed by atoms with Crippen molar-refractivity contribution in [2.45, 2.75) is 30.2 Å². The Morgan fingerprint density at radius 1 is 1.40 bits per heavy atom. The highest BCUT2D eigenvalue weighted by atomic mass is 32.2. The molecule has 1 rings (SSSR count). The Hall–Kier alpha value is -0.330. The Morgan fingerprint density at radius 3 is 2.53 bits per heavy atom. The molecule has 1 aromatic heterocycles. The molecule has 0 fully saturated rings. The van der Waals surface area contributed by atoms with Crippen LogP contribution in [0.5, 0.6) is 0 Å². The number of hydrogen-bond acceptors (Lipinski definition) is 6. The van der Waals surface area contributed by atoms with Gasteiger partial charge in [0.1, 0.15) is 0 Å². The molecule has 0 bridgehead atoms.